The fourth-order valence-corrected chi connectivity index (χ4v) is 1.44. The Hall–Kier alpha value is -1.02. The van der Waals surface area contributed by atoms with Gasteiger partial charge in [-0.15, -0.1) is 0 Å². The van der Waals surface area contributed by atoms with Gasteiger partial charge in [-0.2, -0.15) is 0 Å². The Balaban J connectivity index is 0.00000106. The molecule has 1 aromatic carbocycles. The average molecular weight is 243 g/mol. The summed E-state index contributed by atoms with van der Waals surface area (Å²) in [6.45, 7) is 5.88. The zero-order valence-corrected chi connectivity index (χ0v) is 11.0. The normalized spacial score (nSPS) is 11.1. The highest BCUT2D eigenvalue weighted by molar-refractivity contribution is 6.30. The molecule has 0 radical (unpaired) electrons. The van der Waals surface area contributed by atoms with Gasteiger partial charge in [0.15, 0.2) is 0 Å². The van der Waals surface area contributed by atoms with E-state index in [4.69, 9.17) is 16.3 Å². The average Bonchev–Trinajstić information content (AvgIpc) is 2.33. The summed E-state index contributed by atoms with van der Waals surface area (Å²) in [7, 11) is 1.60. The van der Waals surface area contributed by atoms with Crippen LogP contribution in [0.4, 0.5) is 0 Å². The number of carbonyl (C=O) groups excluding carboxylic acids is 1. The predicted molar refractivity (Wildman–Crippen MR) is 68.3 cm³/mol. The Labute approximate surface area is 103 Å². The number of hydrogen-bond acceptors (Lipinski definition) is 2. The van der Waals surface area contributed by atoms with E-state index < -0.39 is 0 Å². The molecular weight excluding hydrogens is 224 g/mol. The minimum atomic E-state index is 0.00470. The van der Waals surface area contributed by atoms with Crippen molar-refractivity contribution >= 4 is 17.9 Å². The topological polar surface area (TPSA) is 26.3 Å². The molecule has 3 heteroatoms. The fraction of sp³-hybridized carbons (Fsp3) is 0.462. The highest BCUT2D eigenvalue weighted by Crippen LogP contribution is 2.24. The van der Waals surface area contributed by atoms with Crippen molar-refractivity contribution in [2.75, 3.05) is 7.11 Å². The third kappa shape index (κ3) is 4.67. The summed E-state index contributed by atoms with van der Waals surface area (Å²) >= 11 is 5.82. The summed E-state index contributed by atoms with van der Waals surface area (Å²) in [6.07, 6.45) is 1.62. The van der Waals surface area contributed by atoms with Crippen LogP contribution >= 0.6 is 11.6 Å². The predicted octanol–water partition coefficient (Wildman–Crippen LogP) is 3.75. The maximum absolute atomic E-state index is 10.5. The van der Waals surface area contributed by atoms with Crippen molar-refractivity contribution in [1.82, 2.24) is 0 Å². The largest absolute Gasteiger partial charge is 0.496 e. The summed E-state index contributed by atoms with van der Waals surface area (Å²) in [4.78, 5) is 10.5. The molecule has 0 heterocycles. The molecule has 1 unspecified atom stereocenters. The van der Waals surface area contributed by atoms with E-state index in [1.807, 2.05) is 26.8 Å². The summed E-state index contributed by atoms with van der Waals surface area (Å²) in [5.74, 6) is 0.747. The molecule has 0 bridgehead atoms. The van der Waals surface area contributed by atoms with E-state index in [-0.39, 0.29) is 5.92 Å². The SMILES string of the molecule is CC.COc1cc(Cl)ccc1CC(C)C=O. The highest BCUT2D eigenvalue weighted by Gasteiger charge is 2.07. The van der Waals surface area contributed by atoms with Gasteiger partial charge in [0.1, 0.15) is 12.0 Å². The zero-order chi connectivity index (χ0) is 12.6. The van der Waals surface area contributed by atoms with Crippen LogP contribution in [0.2, 0.25) is 5.02 Å². The van der Waals surface area contributed by atoms with E-state index >= 15 is 0 Å². The van der Waals surface area contributed by atoms with Crippen molar-refractivity contribution in [2.24, 2.45) is 5.92 Å². The van der Waals surface area contributed by atoms with Crippen LogP contribution in [0.3, 0.4) is 0 Å². The molecule has 1 rings (SSSR count). The monoisotopic (exact) mass is 242 g/mol. The zero-order valence-electron chi connectivity index (χ0n) is 10.3. The van der Waals surface area contributed by atoms with Gasteiger partial charge >= 0.3 is 0 Å². The fourth-order valence-electron chi connectivity index (χ4n) is 1.28. The second-order valence-electron chi connectivity index (χ2n) is 3.27. The smallest absolute Gasteiger partial charge is 0.123 e. The minimum absolute atomic E-state index is 0.00470. The van der Waals surface area contributed by atoms with Crippen molar-refractivity contribution < 1.29 is 9.53 Å². The van der Waals surface area contributed by atoms with Gasteiger partial charge < -0.3 is 9.53 Å². The first-order valence-electron chi connectivity index (χ1n) is 5.45. The molecule has 0 fully saturated rings. The number of benzene rings is 1. The number of hydrogen-bond donors (Lipinski definition) is 0. The van der Waals surface area contributed by atoms with Gasteiger partial charge in [0.25, 0.3) is 0 Å². The highest BCUT2D eigenvalue weighted by atomic mass is 35.5. The van der Waals surface area contributed by atoms with Gasteiger partial charge in [0.2, 0.25) is 0 Å². The third-order valence-electron chi connectivity index (χ3n) is 2.02. The van der Waals surface area contributed by atoms with Crippen LogP contribution in [-0.2, 0) is 11.2 Å². The maximum atomic E-state index is 10.5. The van der Waals surface area contributed by atoms with Gasteiger partial charge in [-0.25, -0.2) is 0 Å². The maximum Gasteiger partial charge on any atom is 0.123 e. The number of halogens is 1. The molecule has 90 valence electrons. The molecular formula is C13H19ClO2. The molecule has 1 aromatic rings. The van der Waals surface area contributed by atoms with E-state index in [0.717, 1.165) is 17.6 Å². The second kappa shape index (κ2) is 8.17. The lowest BCUT2D eigenvalue weighted by molar-refractivity contribution is -0.110. The molecule has 1 atom stereocenters. The van der Waals surface area contributed by atoms with Crippen LogP contribution in [0.1, 0.15) is 26.3 Å². The Morgan fingerprint density at radius 2 is 2.06 bits per heavy atom. The first kappa shape index (κ1) is 15.0. The van der Waals surface area contributed by atoms with Crippen LogP contribution in [-0.4, -0.2) is 13.4 Å². The molecule has 0 aliphatic carbocycles. The molecule has 0 amide bonds. The molecule has 0 saturated heterocycles. The van der Waals surface area contributed by atoms with Crippen molar-refractivity contribution in [3.63, 3.8) is 0 Å². The van der Waals surface area contributed by atoms with Gasteiger partial charge in [-0.05, 0) is 24.1 Å². The quantitative estimate of drug-likeness (QED) is 0.752. The van der Waals surface area contributed by atoms with E-state index in [2.05, 4.69) is 0 Å². The lowest BCUT2D eigenvalue weighted by Gasteiger charge is -2.09. The number of methoxy groups -OCH3 is 1. The summed E-state index contributed by atoms with van der Waals surface area (Å²) in [5, 5.41) is 0.643. The molecule has 0 aliphatic heterocycles. The van der Waals surface area contributed by atoms with Crippen LogP contribution in [0.25, 0.3) is 0 Å². The third-order valence-corrected chi connectivity index (χ3v) is 2.26. The van der Waals surface area contributed by atoms with Crippen molar-refractivity contribution in [2.45, 2.75) is 27.2 Å². The Morgan fingerprint density at radius 3 is 2.56 bits per heavy atom. The Bertz CT molecular complexity index is 324. The van der Waals surface area contributed by atoms with E-state index in [1.54, 1.807) is 19.2 Å². The first-order chi connectivity index (χ1) is 7.67. The number of ether oxygens (including phenoxy) is 1. The summed E-state index contributed by atoms with van der Waals surface area (Å²) < 4.78 is 5.17. The summed E-state index contributed by atoms with van der Waals surface area (Å²) in [5.41, 5.74) is 1.01. The molecule has 0 spiro atoms. The van der Waals surface area contributed by atoms with E-state index in [0.29, 0.717) is 11.4 Å². The standard InChI is InChI=1S/C11H13ClO2.C2H6/c1-8(7-13)5-9-3-4-10(12)6-11(9)14-2;1-2/h3-4,6-8H,5H2,1-2H3;1-2H3. The van der Waals surface area contributed by atoms with Gasteiger partial charge in [-0.1, -0.05) is 38.4 Å². The molecule has 2 nitrogen and oxygen atoms in total. The van der Waals surface area contributed by atoms with E-state index in [1.165, 1.54) is 0 Å². The van der Waals surface area contributed by atoms with Crippen LogP contribution in [0, 0.1) is 5.92 Å². The number of carbonyl (C=O) groups is 1. The van der Waals surface area contributed by atoms with E-state index in [9.17, 15) is 4.79 Å². The number of rotatable bonds is 4. The van der Waals surface area contributed by atoms with Gasteiger partial charge in [0.05, 0.1) is 7.11 Å². The summed E-state index contributed by atoms with van der Waals surface area (Å²) in [6, 6.07) is 5.45. The van der Waals surface area contributed by atoms with Crippen molar-refractivity contribution in [3.8, 4) is 5.75 Å². The van der Waals surface area contributed by atoms with Gasteiger partial charge in [0, 0.05) is 10.9 Å². The molecule has 16 heavy (non-hydrogen) atoms. The molecule has 0 aromatic heterocycles. The Kier molecular flexibility index (Phi) is 7.65. The lowest BCUT2D eigenvalue weighted by atomic mass is 10.0. The molecule has 0 N–H and O–H groups in total. The van der Waals surface area contributed by atoms with Crippen LogP contribution < -0.4 is 4.74 Å². The van der Waals surface area contributed by atoms with Crippen LogP contribution in [0.15, 0.2) is 18.2 Å². The van der Waals surface area contributed by atoms with Gasteiger partial charge in [-0.3, -0.25) is 0 Å². The lowest BCUT2D eigenvalue weighted by Crippen LogP contribution is -2.02. The first-order valence-corrected chi connectivity index (χ1v) is 5.83. The Morgan fingerprint density at radius 1 is 1.44 bits per heavy atom. The number of aldehydes is 1. The molecule has 0 aliphatic rings. The van der Waals surface area contributed by atoms with Crippen LogP contribution in [0.5, 0.6) is 5.75 Å². The minimum Gasteiger partial charge on any atom is -0.496 e. The second-order valence-corrected chi connectivity index (χ2v) is 3.71. The molecule has 0 saturated carbocycles. The van der Waals surface area contributed by atoms with Crippen molar-refractivity contribution in [1.29, 1.82) is 0 Å². The van der Waals surface area contributed by atoms with Crippen molar-refractivity contribution in [3.05, 3.63) is 28.8 Å².